The van der Waals surface area contributed by atoms with E-state index in [0.29, 0.717) is 23.9 Å². The van der Waals surface area contributed by atoms with Crippen molar-refractivity contribution in [3.8, 4) is 0 Å². The van der Waals surface area contributed by atoms with E-state index in [-0.39, 0.29) is 17.9 Å². The maximum absolute atomic E-state index is 12.6. The Hall–Kier alpha value is -1.71. The lowest BCUT2D eigenvalue weighted by molar-refractivity contribution is -0.142. The number of thiazole rings is 1. The van der Waals surface area contributed by atoms with Gasteiger partial charge in [0.2, 0.25) is 0 Å². The number of fused-ring (bicyclic) bond motifs is 3. The predicted octanol–water partition coefficient (Wildman–Crippen LogP) is 3.72. The Bertz CT molecular complexity index is 1040. The van der Waals surface area contributed by atoms with Crippen LogP contribution in [0.4, 0.5) is 0 Å². The van der Waals surface area contributed by atoms with Crippen molar-refractivity contribution in [2.45, 2.75) is 49.1 Å². The minimum absolute atomic E-state index is 0.0304. The molecule has 6 nitrogen and oxygen atoms in total. The Balaban J connectivity index is 1.47. The second kappa shape index (κ2) is 8.12. The minimum Gasteiger partial charge on any atom is -0.466 e. The molecule has 0 saturated carbocycles. The van der Waals surface area contributed by atoms with Crippen LogP contribution in [0.5, 0.6) is 0 Å². The van der Waals surface area contributed by atoms with Gasteiger partial charge in [0.15, 0.2) is 4.34 Å². The second-order valence-electron chi connectivity index (χ2n) is 6.28. The molecule has 4 rings (SSSR count). The number of esters is 1. The SMILES string of the molecule is CCOC(=O)Cc1csc(SCc2nc3sc4c(c3c(=O)[nH]2)CCCC4)n1. The molecule has 3 heterocycles. The molecule has 0 aromatic carbocycles. The molecule has 1 aliphatic carbocycles. The summed E-state index contributed by atoms with van der Waals surface area (Å²) in [5.74, 6) is 0.941. The Labute approximate surface area is 168 Å². The van der Waals surface area contributed by atoms with E-state index in [2.05, 4.69) is 15.0 Å². The molecular formula is C18H19N3O3S3. The summed E-state index contributed by atoms with van der Waals surface area (Å²) in [6, 6.07) is 0. The predicted molar refractivity (Wildman–Crippen MR) is 109 cm³/mol. The maximum Gasteiger partial charge on any atom is 0.311 e. The largest absolute Gasteiger partial charge is 0.466 e. The van der Waals surface area contributed by atoms with Crippen molar-refractivity contribution in [1.82, 2.24) is 15.0 Å². The number of hydrogen-bond acceptors (Lipinski definition) is 8. The number of aryl methyl sites for hydroxylation is 2. The molecule has 3 aromatic rings. The highest BCUT2D eigenvalue weighted by Crippen LogP contribution is 2.34. The Kier molecular flexibility index (Phi) is 5.60. The van der Waals surface area contributed by atoms with Gasteiger partial charge < -0.3 is 9.72 Å². The summed E-state index contributed by atoms with van der Waals surface area (Å²) in [4.78, 5) is 38.3. The Morgan fingerprint density at radius 3 is 3.04 bits per heavy atom. The number of H-pyrrole nitrogens is 1. The van der Waals surface area contributed by atoms with E-state index < -0.39 is 0 Å². The van der Waals surface area contributed by atoms with E-state index in [1.165, 1.54) is 40.0 Å². The fourth-order valence-electron chi connectivity index (χ4n) is 3.20. The molecule has 0 bridgehead atoms. The van der Waals surface area contributed by atoms with E-state index in [0.717, 1.165) is 33.8 Å². The van der Waals surface area contributed by atoms with Crippen LogP contribution in [0.3, 0.4) is 0 Å². The third kappa shape index (κ3) is 4.09. The number of aromatic amines is 1. The summed E-state index contributed by atoms with van der Waals surface area (Å²) < 4.78 is 5.79. The molecule has 0 saturated heterocycles. The van der Waals surface area contributed by atoms with Gasteiger partial charge in [0.05, 0.1) is 29.9 Å². The number of carbonyl (C=O) groups is 1. The summed E-state index contributed by atoms with van der Waals surface area (Å²) in [6.07, 6.45) is 4.57. The Morgan fingerprint density at radius 2 is 2.19 bits per heavy atom. The highest BCUT2D eigenvalue weighted by atomic mass is 32.2. The van der Waals surface area contributed by atoms with E-state index in [4.69, 9.17) is 4.74 Å². The monoisotopic (exact) mass is 421 g/mol. The number of nitrogens with one attached hydrogen (secondary N) is 1. The number of nitrogens with zero attached hydrogens (tertiary/aromatic N) is 2. The van der Waals surface area contributed by atoms with Crippen molar-refractivity contribution in [2.24, 2.45) is 0 Å². The summed E-state index contributed by atoms with van der Waals surface area (Å²) in [7, 11) is 0. The van der Waals surface area contributed by atoms with Crippen molar-refractivity contribution in [1.29, 1.82) is 0 Å². The normalized spacial score (nSPS) is 13.7. The first-order valence-electron chi connectivity index (χ1n) is 8.90. The van der Waals surface area contributed by atoms with Crippen molar-refractivity contribution in [2.75, 3.05) is 6.61 Å². The van der Waals surface area contributed by atoms with Crippen LogP contribution in [0.25, 0.3) is 10.2 Å². The molecule has 0 amide bonds. The minimum atomic E-state index is -0.266. The van der Waals surface area contributed by atoms with Crippen molar-refractivity contribution < 1.29 is 9.53 Å². The molecule has 142 valence electrons. The first-order chi connectivity index (χ1) is 13.1. The zero-order valence-corrected chi connectivity index (χ0v) is 17.3. The van der Waals surface area contributed by atoms with Crippen LogP contribution >= 0.6 is 34.4 Å². The highest BCUT2D eigenvalue weighted by Gasteiger charge is 2.20. The number of hydrogen-bond donors (Lipinski definition) is 1. The fourth-order valence-corrected chi connectivity index (χ4v) is 6.20. The van der Waals surface area contributed by atoms with Crippen LogP contribution in [-0.4, -0.2) is 27.5 Å². The van der Waals surface area contributed by atoms with Gasteiger partial charge >= 0.3 is 5.97 Å². The molecule has 0 unspecified atom stereocenters. The lowest BCUT2D eigenvalue weighted by Crippen LogP contribution is -2.12. The lowest BCUT2D eigenvalue weighted by atomic mass is 9.97. The van der Waals surface area contributed by atoms with Gasteiger partial charge in [0.25, 0.3) is 5.56 Å². The van der Waals surface area contributed by atoms with Crippen molar-refractivity contribution in [3.63, 3.8) is 0 Å². The van der Waals surface area contributed by atoms with Crippen LogP contribution in [-0.2, 0) is 34.5 Å². The quantitative estimate of drug-likeness (QED) is 0.482. The molecule has 1 aliphatic rings. The molecule has 0 aliphatic heterocycles. The van der Waals surface area contributed by atoms with Gasteiger partial charge in [-0.05, 0) is 38.2 Å². The Morgan fingerprint density at radius 1 is 1.33 bits per heavy atom. The molecular weight excluding hydrogens is 402 g/mol. The van der Waals surface area contributed by atoms with E-state index in [1.807, 2.05) is 5.38 Å². The summed E-state index contributed by atoms with van der Waals surface area (Å²) >= 11 is 4.66. The van der Waals surface area contributed by atoms with Gasteiger partial charge in [-0.25, -0.2) is 9.97 Å². The molecule has 0 radical (unpaired) electrons. The summed E-state index contributed by atoms with van der Waals surface area (Å²) in [5.41, 5.74) is 1.89. The van der Waals surface area contributed by atoms with Gasteiger partial charge in [-0.1, -0.05) is 11.8 Å². The van der Waals surface area contributed by atoms with Crippen molar-refractivity contribution >= 4 is 50.6 Å². The van der Waals surface area contributed by atoms with Crippen molar-refractivity contribution in [3.05, 3.63) is 37.7 Å². The third-order valence-corrected chi connectivity index (χ3v) is 7.63. The second-order valence-corrected chi connectivity index (χ2v) is 9.44. The lowest BCUT2D eigenvalue weighted by Gasteiger charge is -2.09. The van der Waals surface area contributed by atoms with Crippen LogP contribution in [0.1, 0.15) is 41.7 Å². The number of rotatable bonds is 6. The first kappa shape index (κ1) is 18.6. The fraction of sp³-hybridized carbons (Fsp3) is 0.444. The molecule has 0 spiro atoms. The van der Waals surface area contributed by atoms with Crippen LogP contribution in [0.2, 0.25) is 0 Å². The number of thioether (sulfide) groups is 1. The van der Waals surface area contributed by atoms with Gasteiger partial charge in [-0.2, -0.15) is 0 Å². The van der Waals surface area contributed by atoms with Crippen LogP contribution in [0.15, 0.2) is 14.5 Å². The molecule has 3 aromatic heterocycles. The van der Waals surface area contributed by atoms with E-state index >= 15 is 0 Å². The number of carbonyl (C=O) groups excluding carboxylic acids is 1. The average Bonchev–Trinajstić information content (AvgIpc) is 3.24. The van der Waals surface area contributed by atoms with E-state index in [9.17, 15) is 9.59 Å². The van der Waals surface area contributed by atoms with Gasteiger partial charge in [0, 0.05) is 10.3 Å². The first-order valence-corrected chi connectivity index (χ1v) is 11.6. The average molecular weight is 422 g/mol. The standard InChI is InChI=1S/C18H19N3O3S3/c1-2-24-14(22)7-10-8-25-18(19-10)26-9-13-20-16(23)15-11-5-3-4-6-12(11)27-17(15)21-13/h8H,2-7,9H2,1H3,(H,20,21,23). The molecule has 9 heteroatoms. The van der Waals surface area contributed by atoms with Crippen LogP contribution in [0, 0.1) is 0 Å². The topological polar surface area (TPSA) is 84.9 Å². The molecule has 27 heavy (non-hydrogen) atoms. The molecule has 0 atom stereocenters. The smallest absolute Gasteiger partial charge is 0.311 e. The molecule has 1 N–H and O–H groups in total. The van der Waals surface area contributed by atoms with Gasteiger partial charge in [-0.15, -0.1) is 22.7 Å². The summed E-state index contributed by atoms with van der Waals surface area (Å²) in [5, 5.41) is 2.65. The highest BCUT2D eigenvalue weighted by molar-refractivity contribution is 8.00. The number of ether oxygens (including phenoxy) is 1. The summed E-state index contributed by atoms with van der Waals surface area (Å²) in [6.45, 7) is 2.16. The van der Waals surface area contributed by atoms with E-state index in [1.54, 1.807) is 18.3 Å². The third-order valence-electron chi connectivity index (χ3n) is 4.37. The maximum atomic E-state index is 12.6. The molecule has 0 fully saturated rings. The number of aromatic nitrogens is 3. The van der Waals surface area contributed by atoms with Crippen LogP contribution < -0.4 is 5.56 Å². The van der Waals surface area contributed by atoms with Gasteiger partial charge in [-0.3, -0.25) is 9.59 Å². The van der Waals surface area contributed by atoms with Gasteiger partial charge in [0.1, 0.15) is 10.7 Å². The zero-order valence-electron chi connectivity index (χ0n) is 14.9. The zero-order chi connectivity index (χ0) is 18.8. The number of thiophene rings is 1.